The molecule has 21 heavy (non-hydrogen) atoms. The van der Waals surface area contributed by atoms with Crippen LogP contribution in [0.5, 0.6) is 0 Å². The van der Waals surface area contributed by atoms with Gasteiger partial charge in [-0.2, -0.15) is 4.31 Å². The summed E-state index contributed by atoms with van der Waals surface area (Å²) in [6, 6.07) is 2.17. The van der Waals surface area contributed by atoms with Gasteiger partial charge < -0.3 is 10.5 Å². The first-order chi connectivity index (χ1) is 9.91. The predicted molar refractivity (Wildman–Crippen MR) is 78.1 cm³/mol. The number of hydrogen-bond donors (Lipinski definition) is 1. The zero-order chi connectivity index (χ0) is 15.6. The summed E-state index contributed by atoms with van der Waals surface area (Å²) in [5, 5.41) is 0.150. The van der Waals surface area contributed by atoms with Gasteiger partial charge in [-0.1, -0.05) is 18.5 Å². The number of nitrogens with two attached hydrogens (primary N) is 1. The Morgan fingerprint density at radius 3 is 2.86 bits per heavy atom. The smallest absolute Gasteiger partial charge is 0.246 e. The van der Waals surface area contributed by atoms with Gasteiger partial charge in [-0.05, 0) is 18.6 Å². The number of benzene rings is 1. The lowest BCUT2D eigenvalue weighted by Gasteiger charge is -2.34. The monoisotopic (exact) mass is 336 g/mol. The van der Waals surface area contributed by atoms with Crippen molar-refractivity contribution in [2.24, 2.45) is 5.73 Å². The Kier molecular flexibility index (Phi) is 5.21. The highest BCUT2D eigenvalue weighted by atomic mass is 35.5. The average Bonchev–Trinajstić information content (AvgIpc) is 2.48. The van der Waals surface area contributed by atoms with Gasteiger partial charge in [0.1, 0.15) is 10.7 Å². The highest BCUT2D eigenvalue weighted by Crippen LogP contribution is 2.28. The fourth-order valence-corrected chi connectivity index (χ4v) is 4.47. The molecule has 1 aromatic rings. The lowest BCUT2D eigenvalue weighted by molar-refractivity contribution is 0.0313. The van der Waals surface area contributed by atoms with Crippen LogP contribution in [0.2, 0.25) is 5.02 Å². The van der Waals surface area contributed by atoms with E-state index in [4.69, 9.17) is 22.1 Å². The highest BCUT2D eigenvalue weighted by Gasteiger charge is 2.35. The van der Waals surface area contributed by atoms with Gasteiger partial charge in [-0.25, -0.2) is 12.8 Å². The van der Waals surface area contributed by atoms with Crippen molar-refractivity contribution in [3.63, 3.8) is 0 Å². The minimum absolute atomic E-state index is 0.0855. The molecule has 1 aliphatic rings. The first-order valence-corrected chi connectivity index (χ1v) is 8.51. The molecule has 1 fully saturated rings. The summed E-state index contributed by atoms with van der Waals surface area (Å²) in [7, 11) is -3.97. The third-order valence-electron chi connectivity index (χ3n) is 3.53. The average molecular weight is 337 g/mol. The fraction of sp³-hybridized carbons (Fsp3) is 0.538. The number of halogens is 2. The second-order valence-corrected chi connectivity index (χ2v) is 7.13. The molecule has 1 atom stereocenters. The first kappa shape index (κ1) is 16.6. The van der Waals surface area contributed by atoms with Crippen LogP contribution in [0.1, 0.15) is 18.9 Å². The van der Waals surface area contributed by atoms with Crippen molar-refractivity contribution < 1.29 is 17.5 Å². The van der Waals surface area contributed by atoms with Gasteiger partial charge >= 0.3 is 0 Å². The van der Waals surface area contributed by atoms with Gasteiger partial charge in [0.05, 0.1) is 13.2 Å². The molecule has 2 N–H and O–H groups in total. The van der Waals surface area contributed by atoms with E-state index in [1.165, 1.54) is 10.4 Å². The van der Waals surface area contributed by atoms with Crippen molar-refractivity contribution in [1.29, 1.82) is 0 Å². The first-order valence-electron chi connectivity index (χ1n) is 6.69. The molecule has 0 amide bonds. The van der Waals surface area contributed by atoms with Crippen LogP contribution < -0.4 is 5.73 Å². The Morgan fingerprint density at radius 2 is 2.24 bits per heavy atom. The van der Waals surface area contributed by atoms with Crippen molar-refractivity contribution in [3.8, 4) is 0 Å². The Balaban J connectivity index is 2.50. The molecule has 0 spiro atoms. The van der Waals surface area contributed by atoms with Crippen LogP contribution in [0.4, 0.5) is 4.39 Å². The summed E-state index contributed by atoms with van der Waals surface area (Å²) in [6.07, 6.45) is 0.588. The maximum atomic E-state index is 14.4. The summed E-state index contributed by atoms with van der Waals surface area (Å²) in [5.74, 6) is -0.830. The number of morpholine rings is 1. The van der Waals surface area contributed by atoms with Crippen molar-refractivity contribution in [2.75, 3.05) is 19.8 Å². The fourth-order valence-electron chi connectivity index (χ4n) is 2.36. The van der Waals surface area contributed by atoms with Crippen LogP contribution >= 0.6 is 11.6 Å². The second-order valence-electron chi connectivity index (χ2n) is 4.83. The van der Waals surface area contributed by atoms with E-state index in [1.807, 2.05) is 6.92 Å². The summed E-state index contributed by atoms with van der Waals surface area (Å²) >= 11 is 5.89. The van der Waals surface area contributed by atoms with E-state index in [0.717, 1.165) is 6.07 Å². The largest absolute Gasteiger partial charge is 0.378 e. The summed E-state index contributed by atoms with van der Waals surface area (Å²) < 4.78 is 46.4. The Hall–Kier alpha value is -0.730. The topological polar surface area (TPSA) is 72.6 Å². The maximum absolute atomic E-state index is 14.4. The van der Waals surface area contributed by atoms with E-state index in [0.29, 0.717) is 19.6 Å². The number of nitrogens with zero attached hydrogens (tertiary/aromatic N) is 1. The summed E-state index contributed by atoms with van der Waals surface area (Å²) in [5.41, 5.74) is 5.52. The minimum atomic E-state index is -3.97. The van der Waals surface area contributed by atoms with Gasteiger partial charge in [0.15, 0.2) is 0 Å². The molecule has 1 aliphatic heterocycles. The van der Waals surface area contributed by atoms with Crippen LogP contribution in [0.15, 0.2) is 17.0 Å². The SMILES string of the molecule is CCC1COCCN1S(=O)(=O)c1cc(Cl)cc(CN)c1F. The van der Waals surface area contributed by atoms with Crippen molar-refractivity contribution in [3.05, 3.63) is 28.5 Å². The molecular weight excluding hydrogens is 319 g/mol. The summed E-state index contributed by atoms with van der Waals surface area (Å²) in [4.78, 5) is -0.421. The Labute approximate surface area is 128 Å². The van der Waals surface area contributed by atoms with Crippen molar-refractivity contribution in [2.45, 2.75) is 30.8 Å². The van der Waals surface area contributed by atoms with Crippen LogP contribution in [-0.4, -0.2) is 38.5 Å². The number of sulfonamides is 1. The molecule has 1 unspecified atom stereocenters. The van der Waals surface area contributed by atoms with E-state index in [9.17, 15) is 12.8 Å². The molecular formula is C13H18ClFN2O3S. The molecule has 5 nitrogen and oxygen atoms in total. The molecule has 2 rings (SSSR count). The molecule has 0 saturated carbocycles. The maximum Gasteiger partial charge on any atom is 0.246 e. The predicted octanol–water partition coefficient (Wildman–Crippen LogP) is 1.74. The normalized spacial score (nSPS) is 20.7. The standard InChI is InChI=1S/C13H18ClFN2O3S/c1-2-11-8-20-4-3-17(11)21(18,19)12-6-10(14)5-9(7-16)13(12)15/h5-6,11H,2-4,7-8,16H2,1H3. The third-order valence-corrected chi connectivity index (χ3v) is 5.70. The van der Waals surface area contributed by atoms with E-state index >= 15 is 0 Å². The molecule has 1 saturated heterocycles. The molecule has 0 aliphatic carbocycles. The molecule has 1 aromatic carbocycles. The zero-order valence-electron chi connectivity index (χ0n) is 11.7. The van der Waals surface area contributed by atoms with E-state index in [2.05, 4.69) is 0 Å². The zero-order valence-corrected chi connectivity index (χ0v) is 13.3. The van der Waals surface area contributed by atoms with Crippen LogP contribution in [0, 0.1) is 5.82 Å². The van der Waals surface area contributed by atoms with E-state index in [1.54, 1.807) is 0 Å². The second kappa shape index (κ2) is 6.58. The molecule has 8 heteroatoms. The molecule has 118 valence electrons. The lowest BCUT2D eigenvalue weighted by atomic mass is 10.2. The number of rotatable bonds is 4. The van der Waals surface area contributed by atoms with Gasteiger partial charge in [-0.15, -0.1) is 0 Å². The molecule has 0 radical (unpaired) electrons. The van der Waals surface area contributed by atoms with Gasteiger partial charge in [0.2, 0.25) is 10.0 Å². The van der Waals surface area contributed by atoms with Crippen molar-refractivity contribution in [1.82, 2.24) is 4.31 Å². The van der Waals surface area contributed by atoms with Gasteiger partial charge in [-0.3, -0.25) is 0 Å². The third kappa shape index (κ3) is 3.22. The molecule has 0 bridgehead atoms. The quantitative estimate of drug-likeness (QED) is 0.909. The van der Waals surface area contributed by atoms with Crippen molar-refractivity contribution >= 4 is 21.6 Å². The van der Waals surface area contributed by atoms with Gasteiger partial charge in [0, 0.05) is 29.7 Å². The van der Waals surface area contributed by atoms with Gasteiger partial charge in [0.25, 0.3) is 0 Å². The molecule has 1 heterocycles. The van der Waals surface area contributed by atoms with Crippen LogP contribution in [0.3, 0.4) is 0 Å². The number of ether oxygens (including phenoxy) is 1. The van der Waals surface area contributed by atoms with Crippen LogP contribution in [0.25, 0.3) is 0 Å². The van der Waals surface area contributed by atoms with E-state index < -0.39 is 20.7 Å². The summed E-state index contributed by atoms with van der Waals surface area (Å²) in [6.45, 7) is 2.55. The highest BCUT2D eigenvalue weighted by molar-refractivity contribution is 7.89. The minimum Gasteiger partial charge on any atom is -0.378 e. The number of hydrogen-bond acceptors (Lipinski definition) is 4. The van der Waals surface area contributed by atoms with Crippen LogP contribution in [-0.2, 0) is 21.3 Å². The molecule has 0 aromatic heterocycles. The lowest BCUT2D eigenvalue weighted by Crippen LogP contribution is -2.48. The Bertz CT molecular complexity index is 624. The van der Waals surface area contributed by atoms with E-state index in [-0.39, 0.29) is 29.7 Å². The Morgan fingerprint density at radius 1 is 1.52 bits per heavy atom.